The van der Waals surface area contributed by atoms with Crippen molar-refractivity contribution in [3.63, 3.8) is 0 Å². The fraction of sp³-hybridized carbons (Fsp3) is 0.300. The van der Waals surface area contributed by atoms with Gasteiger partial charge in [-0.2, -0.15) is 4.98 Å². The monoisotopic (exact) mass is 391 g/mol. The van der Waals surface area contributed by atoms with Crippen LogP contribution in [0.1, 0.15) is 0 Å². The molecule has 0 amide bonds. The molecule has 1 aromatic carbocycles. The minimum Gasteiger partial charge on any atom is -0.490 e. The van der Waals surface area contributed by atoms with Crippen molar-refractivity contribution in [2.75, 3.05) is 55.0 Å². The first-order chi connectivity index (χ1) is 14.3. The zero-order chi connectivity index (χ0) is 19.6. The normalized spacial score (nSPS) is 16.3. The molecule has 2 N–H and O–H groups in total. The van der Waals surface area contributed by atoms with Gasteiger partial charge < -0.3 is 25.0 Å². The second-order valence-electron chi connectivity index (χ2n) is 6.81. The molecule has 0 unspecified atom stereocenters. The Bertz CT molecular complexity index is 1010. The molecule has 9 heteroatoms. The number of benzene rings is 1. The molecular formula is C20H21N7O2. The minimum absolute atomic E-state index is 0.235. The maximum atomic E-state index is 5.80. The van der Waals surface area contributed by atoms with E-state index in [1.165, 1.54) is 0 Å². The average molecular weight is 391 g/mol. The first kappa shape index (κ1) is 17.6. The summed E-state index contributed by atoms with van der Waals surface area (Å²) in [6.07, 6.45) is 3.37. The molecule has 0 bridgehead atoms. The van der Waals surface area contributed by atoms with Crippen LogP contribution in [0.5, 0.6) is 5.75 Å². The molecule has 2 aliphatic heterocycles. The van der Waals surface area contributed by atoms with Crippen molar-refractivity contribution in [3.05, 3.63) is 42.7 Å². The molecule has 4 heterocycles. The molecular weight excluding hydrogens is 370 g/mol. The Kier molecular flexibility index (Phi) is 4.57. The van der Waals surface area contributed by atoms with Crippen molar-refractivity contribution in [2.24, 2.45) is 0 Å². The summed E-state index contributed by atoms with van der Waals surface area (Å²) in [5.74, 6) is 2.56. The van der Waals surface area contributed by atoms with Crippen LogP contribution in [0, 0.1) is 0 Å². The van der Waals surface area contributed by atoms with Gasteiger partial charge in [-0.3, -0.25) is 0 Å². The third-order valence-corrected chi connectivity index (χ3v) is 4.97. The van der Waals surface area contributed by atoms with Crippen LogP contribution < -0.4 is 20.3 Å². The highest BCUT2D eigenvalue weighted by Gasteiger charge is 2.23. The van der Waals surface area contributed by atoms with Crippen LogP contribution in [0.25, 0.3) is 11.3 Å². The highest BCUT2D eigenvalue weighted by molar-refractivity contribution is 5.72. The molecule has 0 aliphatic carbocycles. The number of ether oxygens (including phenoxy) is 2. The maximum Gasteiger partial charge on any atom is 0.228 e. The van der Waals surface area contributed by atoms with E-state index in [0.717, 1.165) is 41.6 Å². The highest BCUT2D eigenvalue weighted by atomic mass is 16.5. The van der Waals surface area contributed by atoms with Crippen LogP contribution >= 0.6 is 0 Å². The average Bonchev–Trinajstić information content (AvgIpc) is 2.79. The van der Waals surface area contributed by atoms with E-state index in [9.17, 15) is 0 Å². The highest BCUT2D eigenvalue weighted by Crippen LogP contribution is 2.37. The van der Waals surface area contributed by atoms with Crippen molar-refractivity contribution in [1.29, 1.82) is 0 Å². The van der Waals surface area contributed by atoms with Gasteiger partial charge in [-0.25, -0.2) is 15.0 Å². The first-order valence-electron chi connectivity index (χ1n) is 9.57. The van der Waals surface area contributed by atoms with E-state index in [-0.39, 0.29) is 5.95 Å². The van der Waals surface area contributed by atoms with Gasteiger partial charge in [0.1, 0.15) is 18.2 Å². The minimum atomic E-state index is 0.235. The molecule has 1 saturated heterocycles. The third kappa shape index (κ3) is 3.52. The fourth-order valence-corrected chi connectivity index (χ4v) is 3.49. The van der Waals surface area contributed by atoms with Crippen molar-refractivity contribution < 1.29 is 9.47 Å². The molecule has 0 saturated carbocycles. The van der Waals surface area contributed by atoms with E-state index < -0.39 is 0 Å². The van der Waals surface area contributed by atoms with Gasteiger partial charge in [-0.1, -0.05) is 12.1 Å². The summed E-state index contributed by atoms with van der Waals surface area (Å²) in [6.45, 7) is 4.12. The summed E-state index contributed by atoms with van der Waals surface area (Å²) in [6, 6.07) is 9.94. The van der Waals surface area contributed by atoms with Crippen LogP contribution in [0.3, 0.4) is 0 Å². The molecule has 9 nitrogen and oxygen atoms in total. The zero-order valence-corrected chi connectivity index (χ0v) is 15.9. The molecule has 5 rings (SSSR count). The van der Waals surface area contributed by atoms with Gasteiger partial charge in [0.25, 0.3) is 0 Å². The van der Waals surface area contributed by atoms with Crippen LogP contribution in [-0.2, 0) is 4.74 Å². The second-order valence-corrected chi connectivity index (χ2v) is 6.81. The molecule has 3 aromatic rings. The lowest BCUT2D eigenvalue weighted by Gasteiger charge is -2.32. The van der Waals surface area contributed by atoms with Gasteiger partial charge >= 0.3 is 0 Å². The number of morpholine rings is 1. The number of hydrogen-bond donors (Lipinski definition) is 1. The Morgan fingerprint density at radius 2 is 1.72 bits per heavy atom. The van der Waals surface area contributed by atoms with Gasteiger partial charge in [-0.05, 0) is 12.1 Å². The number of anilines is 4. The number of fused-ring (bicyclic) bond motifs is 1. The van der Waals surface area contributed by atoms with E-state index in [4.69, 9.17) is 25.2 Å². The van der Waals surface area contributed by atoms with Crippen molar-refractivity contribution in [2.45, 2.75) is 0 Å². The van der Waals surface area contributed by atoms with Gasteiger partial charge in [-0.15, -0.1) is 0 Å². The van der Waals surface area contributed by atoms with Gasteiger partial charge in [0, 0.05) is 37.1 Å². The number of nitrogens with two attached hydrogens (primary N) is 1. The molecule has 148 valence electrons. The number of nitrogen functional groups attached to an aromatic ring is 1. The smallest absolute Gasteiger partial charge is 0.228 e. The number of nitrogens with zero attached hydrogens (tertiary/aromatic N) is 6. The number of rotatable bonds is 3. The Balaban J connectivity index is 1.61. The van der Waals surface area contributed by atoms with Gasteiger partial charge in [0.15, 0.2) is 0 Å². The Labute approximate surface area is 168 Å². The summed E-state index contributed by atoms with van der Waals surface area (Å²) in [5.41, 5.74) is 8.18. The molecule has 0 atom stereocenters. The second kappa shape index (κ2) is 7.51. The molecule has 0 radical (unpaired) electrons. The van der Waals surface area contributed by atoms with Crippen LogP contribution in [0.4, 0.5) is 23.4 Å². The van der Waals surface area contributed by atoms with Crippen molar-refractivity contribution in [1.82, 2.24) is 19.9 Å². The van der Waals surface area contributed by atoms with Crippen LogP contribution in [0.15, 0.2) is 42.7 Å². The van der Waals surface area contributed by atoms with Crippen molar-refractivity contribution in [3.8, 4) is 17.0 Å². The van der Waals surface area contributed by atoms with E-state index in [1.54, 1.807) is 12.4 Å². The molecule has 0 spiro atoms. The predicted molar refractivity (Wildman–Crippen MR) is 109 cm³/mol. The van der Waals surface area contributed by atoms with Crippen LogP contribution in [0.2, 0.25) is 0 Å². The predicted octanol–water partition coefficient (Wildman–Crippen LogP) is 1.88. The topological polar surface area (TPSA) is 103 Å². The van der Waals surface area contributed by atoms with Crippen LogP contribution in [-0.4, -0.2) is 59.4 Å². The molecule has 2 aliphatic rings. The van der Waals surface area contributed by atoms with E-state index in [2.05, 4.69) is 19.8 Å². The Hall–Kier alpha value is -3.46. The Morgan fingerprint density at radius 3 is 2.55 bits per heavy atom. The third-order valence-electron chi connectivity index (χ3n) is 4.97. The lowest BCUT2D eigenvalue weighted by Crippen LogP contribution is -2.38. The molecule has 2 aromatic heterocycles. The van der Waals surface area contributed by atoms with Gasteiger partial charge in [0.2, 0.25) is 11.9 Å². The number of para-hydroxylation sites is 2. The summed E-state index contributed by atoms with van der Waals surface area (Å²) < 4.78 is 11.3. The molecule has 1 fully saturated rings. The number of aromatic nitrogens is 4. The summed E-state index contributed by atoms with van der Waals surface area (Å²) >= 11 is 0. The first-order valence-corrected chi connectivity index (χ1v) is 9.57. The lowest BCUT2D eigenvalue weighted by atomic mass is 10.2. The summed E-state index contributed by atoms with van der Waals surface area (Å²) in [7, 11) is 0. The standard InChI is InChI=1S/C20H21N7O2/c21-19-22-12-14(13-23-19)15-11-18(25-20(24-15)26-5-8-28-9-6-26)27-7-10-29-17-4-2-1-3-16(17)27/h1-4,11-13H,5-10H2,(H2,21,22,23). The quantitative estimate of drug-likeness (QED) is 0.717. The summed E-state index contributed by atoms with van der Waals surface area (Å²) in [4.78, 5) is 22.2. The van der Waals surface area contributed by atoms with E-state index in [1.807, 2.05) is 30.3 Å². The largest absolute Gasteiger partial charge is 0.490 e. The van der Waals surface area contributed by atoms with E-state index in [0.29, 0.717) is 32.3 Å². The van der Waals surface area contributed by atoms with E-state index >= 15 is 0 Å². The zero-order valence-electron chi connectivity index (χ0n) is 15.9. The van der Waals surface area contributed by atoms with Crippen molar-refractivity contribution >= 4 is 23.4 Å². The summed E-state index contributed by atoms with van der Waals surface area (Å²) in [5, 5.41) is 0. The fourth-order valence-electron chi connectivity index (χ4n) is 3.49. The number of hydrogen-bond acceptors (Lipinski definition) is 9. The van der Waals surface area contributed by atoms with Gasteiger partial charge in [0.05, 0.1) is 31.1 Å². The lowest BCUT2D eigenvalue weighted by molar-refractivity contribution is 0.122. The molecule has 29 heavy (non-hydrogen) atoms. The maximum absolute atomic E-state index is 5.80. The Morgan fingerprint density at radius 1 is 0.931 bits per heavy atom. The SMILES string of the molecule is Nc1ncc(-c2cc(N3CCOc4ccccc43)nc(N3CCOCC3)n2)cn1.